The van der Waals surface area contributed by atoms with Crippen LogP contribution in [0.2, 0.25) is 0 Å². The molecule has 0 atom stereocenters. The Morgan fingerprint density at radius 3 is 0.527 bits per heavy atom. The predicted molar refractivity (Wildman–Crippen MR) is 406 cm³/mol. The first-order valence-electron chi connectivity index (χ1n) is 39.9. The molecule has 6 nitrogen and oxygen atoms in total. The van der Waals surface area contributed by atoms with E-state index in [1.54, 1.807) is 12.1 Å². The van der Waals surface area contributed by atoms with Gasteiger partial charge in [0.1, 0.15) is 20.2 Å². The molecule has 0 saturated carbocycles. The van der Waals surface area contributed by atoms with Gasteiger partial charge in [0.05, 0.1) is 9.79 Å². The van der Waals surface area contributed by atoms with E-state index in [9.17, 15) is 25.9 Å². The average molecular weight is 1450 g/mol. The van der Waals surface area contributed by atoms with Crippen LogP contribution in [0.15, 0.2) is 70.5 Å². The third-order valence-electron chi connectivity index (χ3n) is 20.1. The molecule has 0 unspecified atom stereocenters. The molecule has 0 saturated heterocycles. The number of hydrogen-bond acceptors (Lipinski definition) is 6. The summed E-state index contributed by atoms with van der Waals surface area (Å²) >= 11 is 0. The van der Waals surface area contributed by atoms with E-state index in [2.05, 4.69) is 52.0 Å². The molecule has 4 aromatic carbocycles. The Bertz CT molecular complexity index is 2430. The number of aryl methyl sites for hydroxylation is 4. The molecule has 0 aromatic heterocycles. The fourth-order valence-corrected chi connectivity index (χ4v) is 15.1. The second-order valence-electron chi connectivity index (χ2n) is 28.5. The average Bonchev–Trinajstić information content (AvgIpc) is 0.902. The Kier molecular flexibility index (Phi) is 56.4. The van der Waals surface area contributed by atoms with Gasteiger partial charge in [-0.1, -0.05) is 398 Å². The Hall–Kier alpha value is -1.21. The summed E-state index contributed by atoms with van der Waals surface area (Å²) in [6.07, 6.45) is 79.4. The van der Waals surface area contributed by atoms with Crippen LogP contribution in [0.25, 0.3) is 21.5 Å². The summed E-state index contributed by atoms with van der Waals surface area (Å²) in [5.41, 5.74) is 4.94. The summed E-state index contributed by atoms with van der Waals surface area (Å²) in [4.78, 5) is -0.202. The van der Waals surface area contributed by atoms with Crippen LogP contribution in [-0.2, 0) is 45.9 Å². The van der Waals surface area contributed by atoms with Gasteiger partial charge in [0.25, 0.3) is 0 Å². The van der Waals surface area contributed by atoms with Gasteiger partial charge in [-0.05, 0) is 119 Å². The maximum atomic E-state index is 11.8. The van der Waals surface area contributed by atoms with Crippen LogP contribution >= 0.6 is 0 Å². The van der Waals surface area contributed by atoms with Crippen LogP contribution < -0.4 is 0 Å². The number of rotatable bonds is 62. The SMILES string of the molecule is CCCCCCCCCCCCCCCCc1ccc(CCCCCCCCCCCCCCCC)c2cc(S(=O)(=O)[O-])ccc12.CCCCCCCCCCCCCCCCc1ccc(CCCCCCCCCCCCCCCC)c2cc(S(=O)(=O)[O-])ccc12.[Ba+2]. The van der Waals surface area contributed by atoms with E-state index < -0.39 is 20.2 Å². The topological polar surface area (TPSA) is 114 Å². The van der Waals surface area contributed by atoms with Gasteiger partial charge in [-0.3, -0.25) is 0 Å². The second-order valence-corrected chi connectivity index (χ2v) is 31.2. The first-order valence-corrected chi connectivity index (χ1v) is 42.8. The van der Waals surface area contributed by atoms with E-state index in [0.29, 0.717) is 0 Å². The number of unbranched alkanes of at least 4 members (excludes halogenated alkanes) is 52. The van der Waals surface area contributed by atoms with Crippen molar-refractivity contribution in [2.45, 2.75) is 423 Å². The van der Waals surface area contributed by atoms with Gasteiger partial charge in [-0.15, -0.1) is 0 Å². The zero-order valence-corrected chi connectivity index (χ0v) is 67.2. The van der Waals surface area contributed by atoms with Gasteiger partial charge in [0, 0.05) is 0 Å². The largest absolute Gasteiger partial charge is 2.00 e. The van der Waals surface area contributed by atoms with E-state index >= 15 is 0 Å². The fraction of sp³-hybridized carbons (Fsp3) is 0.762. The van der Waals surface area contributed by atoms with Crippen molar-refractivity contribution in [3.63, 3.8) is 0 Å². The third-order valence-corrected chi connectivity index (χ3v) is 21.8. The van der Waals surface area contributed by atoms with Gasteiger partial charge in [0.15, 0.2) is 0 Å². The molecular formula is C84H142BaO6S2. The smallest absolute Gasteiger partial charge is 0.744 e. The first-order chi connectivity index (χ1) is 44.9. The second kappa shape index (κ2) is 59.6. The third kappa shape index (κ3) is 44.5. The monoisotopic (exact) mass is 1450 g/mol. The van der Waals surface area contributed by atoms with Gasteiger partial charge in [-0.2, -0.15) is 0 Å². The molecule has 0 aliphatic heterocycles. The minimum absolute atomic E-state index is 0. The van der Waals surface area contributed by atoms with E-state index in [1.165, 1.54) is 368 Å². The maximum absolute atomic E-state index is 11.8. The van der Waals surface area contributed by atoms with Gasteiger partial charge < -0.3 is 9.11 Å². The van der Waals surface area contributed by atoms with Crippen LogP contribution in [0.1, 0.15) is 410 Å². The predicted octanol–water partition coefficient (Wildman–Crippen LogP) is 27.2. The molecule has 0 amide bonds. The van der Waals surface area contributed by atoms with E-state index in [-0.39, 0.29) is 58.7 Å². The molecular weight excluding hydrogens is 1310 g/mol. The molecule has 0 bridgehead atoms. The van der Waals surface area contributed by atoms with Crippen LogP contribution in [0.3, 0.4) is 0 Å². The van der Waals surface area contributed by atoms with Crippen molar-refractivity contribution in [1.29, 1.82) is 0 Å². The molecule has 0 spiro atoms. The van der Waals surface area contributed by atoms with Gasteiger partial charge in [0.2, 0.25) is 0 Å². The Morgan fingerprint density at radius 2 is 0.366 bits per heavy atom. The molecule has 93 heavy (non-hydrogen) atoms. The number of benzene rings is 4. The minimum Gasteiger partial charge on any atom is -0.744 e. The summed E-state index contributed by atoms with van der Waals surface area (Å²) in [6.45, 7) is 9.12. The van der Waals surface area contributed by atoms with Crippen LogP contribution in [0.5, 0.6) is 0 Å². The van der Waals surface area contributed by atoms with E-state index in [1.807, 2.05) is 12.1 Å². The van der Waals surface area contributed by atoms with Crippen molar-refractivity contribution < 1.29 is 25.9 Å². The first kappa shape index (κ1) is 87.9. The van der Waals surface area contributed by atoms with Crippen molar-refractivity contribution >= 4 is 90.7 Å². The molecule has 0 radical (unpaired) electrons. The Balaban J connectivity index is 0.000000627. The molecule has 4 rings (SSSR count). The standard InChI is InChI=1S/2C42H72O3S.Ba/c2*1-3-5-7-9-11-13-15-17-19-21-23-25-27-29-31-38-33-34-39(42-37-40(46(43,44)45)35-36-41(38)42)32-30-28-26-24-22-20-18-16-14-12-10-8-6-4-2;/h2*33-37H,3-32H2,1-2H3,(H,43,44,45);/q;;+2/p-2. The van der Waals surface area contributed by atoms with E-state index in [4.69, 9.17) is 0 Å². The minimum atomic E-state index is -4.47. The van der Waals surface area contributed by atoms with Gasteiger partial charge in [-0.25, -0.2) is 16.8 Å². The number of hydrogen-bond donors (Lipinski definition) is 0. The Labute approximate surface area is 616 Å². The molecule has 0 heterocycles. The van der Waals surface area contributed by atoms with Crippen molar-refractivity contribution in [3.8, 4) is 0 Å². The molecule has 9 heteroatoms. The zero-order valence-electron chi connectivity index (χ0n) is 61.2. The van der Waals surface area contributed by atoms with Gasteiger partial charge >= 0.3 is 48.9 Å². The fourth-order valence-electron chi connectivity index (χ4n) is 14.1. The summed E-state index contributed by atoms with van der Waals surface area (Å²) in [6, 6.07) is 19.0. The van der Waals surface area contributed by atoms with Crippen LogP contribution in [0, 0.1) is 0 Å². The number of fused-ring (bicyclic) bond motifs is 2. The maximum Gasteiger partial charge on any atom is 2.00 e. The van der Waals surface area contributed by atoms with E-state index in [0.717, 1.165) is 72.9 Å². The Morgan fingerprint density at radius 1 is 0.215 bits per heavy atom. The molecule has 0 aliphatic rings. The molecule has 0 fully saturated rings. The van der Waals surface area contributed by atoms with Crippen molar-refractivity contribution in [2.75, 3.05) is 0 Å². The van der Waals surface area contributed by atoms with Crippen LogP contribution in [0.4, 0.5) is 0 Å². The van der Waals surface area contributed by atoms with Crippen molar-refractivity contribution in [3.05, 3.63) is 82.9 Å². The molecule has 0 N–H and O–H groups in total. The summed E-state index contributed by atoms with van der Waals surface area (Å²) in [7, 11) is -8.93. The quantitative estimate of drug-likeness (QED) is 0.0247. The zero-order chi connectivity index (χ0) is 66.3. The molecule has 528 valence electrons. The molecule has 0 aliphatic carbocycles. The normalized spacial score (nSPS) is 11.8. The van der Waals surface area contributed by atoms with Crippen molar-refractivity contribution in [1.82, 2.24) is 0 Å². The summed E-state index contributed by atoms with van der Waals surface area (Å²) in [5, 5.41) is 4.19. The molecule has 4 aromatic rings. The van der Waals surface area contributed by atoms with Crippen molar-refractivity contribution in [2.24, 2.45) is 0 Å². The summed E-state index contributed by atoms with van der Waals surface area (Å²) in [5.74, 6) is 0. The summed E-state index contributed by atoms with van der Waals surface area (Å²) < 4.78 is 71.0. The van der Waals surface area contributed by atoms with Crippen LogP contribution in [-0.4, -0.2) is 74.8 Å².